The first-order valence-corrected chi connectivity index (χ1v) is 6.09. The van der Waals surface area contributed by atoms with Gasteiger partial charge in [0.25, 0.3) is 0 Å². The Bertz CT molecular complexity index is 275. The van der Waals surface area contributed by atoms with Gasteiger partial charge in [-0.05, 0) is 20.9 Å². The van der Waals surface area contributed by atoms with Gasteiger partial charge in [0.05, 0.1) is 6.04 Å². The van der Waals surface area contributed by atoms with Crippen LogP contribution < -0.4 is 10.6 Å². The minimum atomic E-state index is -0.161. The first-order valence-electron chi connectivity index (χ1n) is 6.09. The van der Waals surface area contributed by atoms with Crippen LogP contribution in [0.2, 0.25) is 0 Å². The van der Waals surface area contributed by atoms with Crippen LogP contribution >= 0.6 is 0 Å². The van der Waals surface area contributed by atoms with Crippen molar-refractivity contribution >= 4 is 11.9 Å². The molecular weight excluding hydrogens is 220 g/mol. The molecule has 1 aliphatic heterocycles. The number of hydrogen-bond donors (Lipinski definition) is 2. The summed E-state index contributed by atoms with van der Waals surface area (Å²) < 4.78 is 0. The molecule has 0 aliphatic carbocycles. The number of urea groups is 1. The quantitative estimate of drug-likeness (QED) is 0.699. The standard InChI is InChI=1S/C11H22N4O2/c1-4-13-11(17)15-7-5-14(6-8-15)10(16)9(2)12-3/h9,12H,4-8H2,1-3H3,(H,13,17). The predicted molar refractivity (Wildman–Crippen MR) is 65.7 cm³/mol. The van der Waals surface area contributed by atoms with Crippen LogP contribution in [-0.4, -0.2) is 67.6 Å². The third-order valence-corrected chi connectivity index (χ3v) is 3.01. The molecule has 1 fully saturated rings. The zero-order chi connectivity index (χ0) is 12.8. The van der Waals surface area contributed by atoms with E-state index >= 15 is 0 Å². The Kier molecular flexibility index (Phi) is 5.21. The molecule has 0 aromatic heterocycles. The average molecular weight is 242 g/mol. The molecule has 0 bridgehead atoms. The number of nitrogens with zero attached hydrogens (tertiary/aromatic N) is 2. The van der Waals surface area contributed by atoms with Crippen molar-refractivity contribution < 1.29 is 9.59 Å². The SMILES string of the molecule is CCNC(=O)N1CCN(C(=O)C(C)NC)CC1. The van der Waals surface area contributed by atoms with E-state index in [1.54, 1.807) is 16.8 Å². The molecular formula is C11H22N4O2. The minimum absolute atomic E-state index is 0.0405. The Morgan fingerprint density at radius 2 is 1.71 bits per heavy atom. The van der Waals surface area contributed by atoms with Crippen LogP contribution in [-0.2, 0) is 4.79 Å². The Hall–Kier alpha value is -1.30. The Morgan fingerprint density at radius 1 is 1.18 bits per heavy atom. The molecule has 0 spiro atoms. The number of carbonyl (C=O) groups is 2. The van der Waals surface area contributed by atoms with Crippen LogP contribution in [0.4, 0.5) is 4.79 Å². The van der Waals surface area contributed by atoms with E-state index in [1.807, 2.05) is 13.8 Å². The summed E-state index contributed by atoms with van der Waals surface area (Å²) in [5.41, 5.74) is 0. The highest BCUT2D eigenvalue weighted by Crippen LogP contribution is 2.04. The van der Waals surface area contributed by atoms with Crippen LogP contribution in [0.3, 0.4) is 0 Å². The van der Waals surface area contributed by atoms with E-state index < -0.39 is 0 Å². The summed E-state index contributed by atoms with van der Waals surface area (Å²) in [7, 11) is 1.77. The van der Waals surface area contributed by atoms with Gasteiger partial charge in [-0.2, -0.15) is 0 Å². The number of piperazine rings is 1. The lowest BCUT2D eigenvalue weighted by Crippen LogP contribution is -2.55. The van der Waals surface area contributed by atoms with Crippen molar-refractivity contribution in [2.45, 2.75) is 19.9 Å². The maximum atomic E-state index is 11.9. The van der Waals surface area contributed by atoms with Gasteiger partial charge in [-0.15, -0.1) is 0 Å². The van der Waals surface area contributed by atoms with Crippen LogP contribution in [0.25, 0.3) is 0 Å². The van der Waals surface area contributed by atoms with Gasteiger partial charge in [0.15, 0.2) is 0 Å². The Balaban J connectivity index is 2.40. The van der Waals surface area contributed by atoms with Gasteiger partial charge < -0.3 is 20.4 Å². The van der Waals surface area contributed by atoms with E-state index in [1.165, 1.54) is 0 Å². The fourth-order valence-corrected chi connectivity index (χ4v) is 1.79. The second-order valence-electron chi connectivity index (χ2n) is 4.16. The van der Waals surface area contributed by atoms with Gasteiger partial charge in [-0.1, -0.05) is 0 Å². The lowest BCUT2D eigenvalue weighted by atomic mass is 10.2. The lowest BCUT2D eigenvalue weighted by molar-refractivity contribution is -0.134. The van der Waals surface area contributed by atoms with E-state index in [0.29, 0.717) is 32.7 Å². The molecule has 2 N–H and O–H groups in total. The van der Waals surface area contributed by atoms with Gasteiger partial charge >= 0.3 is 6.03 Å². The number of carbonyl (C=O) groups excluding carboxylic acids is 2. The van der Waals surface area contributed by atoms with Crippen molar-refractivity contribution in [1.82, 2.24) is 20.4 Å². The molecule has 0 radical (unpaired) electrons. The summed E-state index contributed by atoms with van der Waals surface area (Å²) in [6.45, 7) is 6.81. The number of amides is 3. The highest BCUT2D eigenvalue weighted by atomic mass is 16.2. The third kappa shape index (κ3) is 3.59. The molecule has 1 atom stereocenters. The number of hydrogen-bond acceptors (Lipinski definition) is 3. The normalized spacial score (nSPS) is 17.8. The largest absolute Gasteiger partial charge is 0.338 e. The number of nitrogens with one attached hydrogen (secondary N) is 2. The first-order chi connectivity index (χ1) is 8.10. The van der Waals surface area contributed by atoms with Crippen molar-refractivity contribution in [3.8, 4) is 0 Å². The third-order valence-electron chi connectivity index (χ3n) is 3.01. The molecule has 1 unspecified atom stereocenters. The highest BCUT2D eigenvalue weighted by molar-refractivity contribution is 5.82. The van der Waals surface area contributed by atoms with E-state index in [2.05, 4.69) is 10.6 Å². The second-order valence-corrected chi connectivity index (χ2v) is 4.16. The average Bonchev–Trinajstić information content (AvgIpc) is 2.37. The van der Waals surface area contributed by atoms with Gasteiger partial charge in [0.1, 0.15) is 0 Å². The second kappa shape index (κ2) is 6.44. The van der Waals surface area contributed by atoms with Gasteiger partial charge in [-0.25, -0.2) is 4.79 Å². The van der Waals surface area contributed by atoms with Crippen LogP contribution in [0, 0.1) is 0 Å². The lowest BCUT2D eigenvalue weighted by Gasteiger charge is -2.35. The van der Waals surface area contributed by atoms with Crippen molar-refractivity contribution in [3.05, 3.63) is 0 Å². The number of likely N-dealkylation sites (N-methyl/N-ethyl adjacent to an activating group) is 1. The fraction of sp³-hybridized carbons (Fsp3) is 0.818. The topological polar surface area (TPSA) is 64.7 Å². The van der Waals surface area contributed by atoms with Crippen molar-refractivity contribution in [1.29, 1.82) is 0 Å². The molecule has 1 heterocycles. The van der Waals surface area contributed by atoms with Crippen molar-refractivity contribution in [2.75, 3.05) is 39.8 Å². The van der Waals surface area contributed by atoms with Crippen molar-refractivity contribution in [2.24, 2.45) is 0 Å². The zero-order valence-corrected chi connectivity index (χ0v) is 10.8. The molecule has 0 saturated carbocycles. The molecule has 98 valence electrons. The van der Waals surface area contributed by atoms with Gasteiger partial charge in [0, 0.05) is 32.7 Å². The van der Waals surface area contributed by atoms with Crippen LogP contribution in [0.5, 0.6) is 0 Å². The first kappa shape index (κ1) is 13.8. The van der Waals surface area contributed by atoms with Gasteiger partial charge in [-0.3, -0.25) is 4.79 Å². The van der Waals surface area contributed by atoms with Crippen LogP contribution in [0.1, 0.15) is 13.8 Å². The monoisotopic (exact) mass is 242 g/mol. The number of rotatable bonds is 3. The molecule has 1 rings (SSSR count). The van der Waals surface area contributed by atoms with E-state index in [0.717, 1.165) is 0 Å². The van der Waals surface area contributed by atoms with E-state index in [-0.39, 0.29) is 18.0 Å². The predicted octanol–water partition coefficient (Wildman–Crippen LogP) is -0.532. The van der Waals surface area contributed by atoms with Crippen LogP contribution in [0.15, 0.2) is 0 Å². The summed E-state index contributed by atoms with van der Waals surface area (Å²) in [6, 6.07) is -0.202. The summed E-state index contributed by atoms with van der Waals surface area (Å²) in [5.74, 6) is 0.100. The molecule has 17 heavy (non-hydrogen) atoms. The Labute approximate surface area is 102 Å². The fourth-order valence-electron chi connectivity index (χ4n) is 1.79. The minimum Gasteiger partial charge on any atom is -0.338 e. The molecule has 3 amide bonds. The smallest absolute Gasteiger partial charge is 0.317 e. The molecule has 1 saturated heterocycles. The summed E-state index contributed by atoms with van der Waals surface area (Å²) in [5, 5.41) is 5.70. The van der Waals surface area contributed by atoms with E-state index in [4.69, 9.17) is 0 Å². The molecule has 6 heteroatoms. The van der Waals surface area contributed by atoms with Gasteiger partial charge in [0.2, 0.25) is 5.91 Å². The zero-order valence-electron chi connectivity index (χ0n) is 10.8. The van der Waals surface area contributed by atoms with E-state index in [9.17, 15) is 9.59 Å². The summed E-state index contributed by atoms with van der Waals surface area (Å²) in [4.78, 5) is 27.0. The Morgan fingerprint density at radius 3 is 2.18 bits per heavy atom. The summed E-state index contributed by atoms with van der Waals surface area (Å²) >= 11 is 0. The molecule has 1 aliphatic rings. The summed E-state index contributed by atoms with van der Waals surface area (Å²) in [6.07, 6.45) is 0. The molecule has 0 aromatic rings. The maximum absolute atomic E-state index is 11.9. The highest BCUT2D eigenvalue weighted by Gasteiger charge is 2.25. The maximum Gasteiger partial charge on any atom is 0.317 e. The molecule has 0 aromatic carbocycles. The van der Waals surface area contributed by atoms with Crippen molar-refractivity contribution in [3.63, 3.8) is 0 Å². The molecule has 6 nitrogen and oxygen atoms in total.